The molecule has 5 nitrogen and oxygen atoms in total. The standard InChI is InChI=1S/C8H11N3O2/c1-11(8(12)13-2)6-3-4-10-7(9)5-6/h3-5H,1-2H3,(H2,9,10). The molecular weight excluding hydrogens is 170 g/mol. The van der Waals surface area contributed by atoms with Crippen molar-refractivity contribution in [3.63, 3.8) is 0 Å². The van der Waals surface area contributed by atoms with E-state index in [4.69, 9.17) is 5.73 Å². The van der Waals surface area contributed by atoms with Crippen LogP contribution in [0, 0.1) is 0 Å². The lowest BCUT2D eigenvalue weighted by Gasteiger charge is -2.15. The number of rotatable bonds is 1. The maximum absolute atomic E-state index is 11.1. The third-order valence-electron chi connectivity index (χ3n) is 1.60. The van der Waals surface area contributed by atoms with Gasteiger partial charge < -0.3 is 10.5 Å². The molecule has 0 aliphatic carbocycles. The highest BCUT2D eigenvalue weighted by Gasteiger charge is 2.10. The highest BCUT2D eigenvalue weighted by atomic mass is 16.5. The molecule has 1 heterocycles. The normalized spacial score (nSPS) is 9.38. The van der Waals surface area contributed by atoms with Crippen LogP contribution in [0.15, 0.2) is 18.3 Å². The Morgan fingerprint density at radius 1 is 1.69 bits per heavy atom. The second-order valence-corrected chi connectivity index (χ2v) is 2.47. The Labute approximate surface area is 76.1 Å². The molecule has 0 spiro atoms. The minimum absolute atomic E-state index is 0.369. The monoisotopic (exact) mass is 181 g/mol. The minimum atomic E-state index is -0.439. The summed E-state index contributed by atoms with van der Waals surface area (Å²) in [6, 6.07) is 3.27. The van der Waals surface area contributed by atoms with Crippen LogP contribution in [-0.4, -0.2) is 25.2 Å². The number of nitrogens with two attached hydrogens (primary N) is 1. The molecule has 0 saturated heterocycles. The topological polar surface area (TPSA) is 68.5 Å². The molecule has 1 amide bonds. The zero-order chi connectivity index (χ0) is 9.84. The van der Waals surface area contributed by atoms with E-state index in [1.54, 1.807) is 19.2 Å². The van der Waals surface area contributed by atoms with Crippen LogP contribution >= 0.6 is 0 Å². The zero-order valence-electron chi connectivity index (χ0n) is 7.52. The molecule has 0 fully saturated rings. The van der Waals surface area contributed by atoms with Crippen molar-refractivity contribution < 1.29 is 9.53 Å². The van der Waals surface area contributed by atoms with Crippen molar-refractivity contribution in [1.29, 1.82) is 0 Å². The molecule has 0 unspecified atom stereocenters. The van der Waals surface area contributed by atoms with E-state index in [0.29, 0.717) is 11.5 Å². The van der Waals surface area contributed by atoms with Crippen LogP contribution in [0.4, 0.5) is 16.3 Å². The molecular formula is C8H11N3O2. The number of hydrogen-bond acceptors (Lipinski definition) is 4. The molecule has 0 atom stereocenters. The predicted molar refractivity (Wildman–Crippen MR) is 49.5 cm³/mol. The van der Waals surface area contributed by atoms with Gasteiger partial charge in [0.2, 0.25) is 0 Å². The van der Waals surface area contributed by atoms with Crippen molar-refractivity contribution in [3.8, 4) is 0 Å². The third-order valence-corrected chi connectivity index (χ3v) is 1.60. The SMILES string of the molecule is COC(=O)N(C)c1ccnc(N)c1. The summed E-state index contributed by atoms with van der Waals surface area (Å²) in [5, 5.41) is 0. The highest BCUT2D eigenvalue weighted by molar-refractivity contribution is 5.87. The number of methoxy groups -OCH3 is 1. The van der Waals surface area contributed by atoms with Gasteiger partial charge in [-0.3, -0.25) is 4.90 Å². The lowest BCUT2D eigenvalue weighted by molar-refractivity contribution is 0.180. The maximum atomic E-state index is 11.1. The largest absolute Gasteiger partial charge is 0.452 e. The number of ether oxygens (including phenoxy) is 1. The lowest BCUT2D eigenvalue weighted by Crippen LogP contribution is -2.25. The number of amides is 1. The van der Waals surface area contributed by atoms with E-state index >= 15 is 0 Å². The Hall–Kier alpha value is -1.78. The third kappa shape index (κ3) is 2.08. The quantitative estimate of drug-likeness (QED) is 0.697. The molecule has 70 valence electrons. The Balaban J connectivity index is 2.88. The van der Waals surface area contributed by atoms with Gasteiger partial charge in [-0.15, -0.1) is 0 Å². The Bertz CT molecular complexity index is 314. The molecule has 0 aromatic carbocycles. The summed E-state index contributed by atoms with van der Waals surface area (Å²) in [6.45, 7) is 0. The molecule has 0 radical (unpaired) electrons. The number of nitrogens with zero attached hydrogens (tertiary/aromatic N) is 2. The number of aromatic nitrogens is 1. The van der Waals surface area contributed by atoms with Crippen molar-refractivity contribution in [2.75, 3.05) is 24.8 Å². The summed E-state index contributed by atoms with van der Waals surface area (Å²) < 4.78 is 4.53. The van der Waals surface area contributed by atoms with E-state index in [0.717, 1.165) is 0 Å². The van der Waals surface area contributed by atoms with Crippen LogP contribution in [0.3, 0.4) is 0 Å². The Morgan fingerprint density at radius 2 is 2.38 bits per heavy atom. The molecule has 0 saturated carbocycles. The fourth-order valence-electron chi connectivity index (χ4n) is 0.888. The van der Waals surface area contributed by atoms with Crippen LogP contribution in [0.1, 0.15) is 0 Å². The zero-order valence-corrected chi connectivity index (χ0v) is 7.52. The van der Waals surface area contributed by atoms with Gasteiger partial charge in [0.25, 0.3) is 0 Å². The first-order chi connectivity index (χ1) is 6.15. The highest BCUT2D eigenvalue weighted by Crippen LogP contribution is 2.14. The first-order valence-electron chi connectivity index (χ1n) is 3.68. The molecule has 5 heteroatoms. The molecule has 1 rings (SSSR count). The Kier molecular flexibility index (Phi) is 2.69. The fraction of sp³-hybridized carbons (Fsp3) is 0.250. The first kappa shape index (κ1) is 9.31. The van der Waals surface area contributed by atoms with Gasteiger partial charge in [0, 0.05) is 19.3 Å². The van der Waals surface area contributed by atoms with Crippen LogP contribution in [0.5, 0.6) is 0 Å². The molecule has 1 aromatic heterocycles. The number of carbonyl (C=O) groups is 1. The number of pyridine rings is 1. The van der Waals surface area contributed by atoms with Gasteiger partial charge in [0.15, 0.2) is 0 Å². The summed E-state index contributed by atoms with van der Waals surface area (Å²) in [5.74, 6) is 0.369. The van der Waals surface area contributed by atoms with E-state index in [-0.39, 0.29) is 0 Å². The summed E-state index contributed by atoms with van der Waals surface area (Å²) in [4.78, 5) is 16.2. The molecule has 1 aromatic rings. The van der Waals surface area contributed by atoms with E-state index < -0.39 is 6.09 Å². The maximum Gasteiger partial charge on any atom is 0.413 e. The van der Waals surface area contributed by atoms with Crippen LogP contribution in [0.25, 0.3) is 0 Å². The number of hydrogen-bond donors (Lipinski definition) is 1. The molecule has 0 aliphatic heterocycles. The van der Waals surface area contributed by atoms with E-state index in [2.05, 4.69) is 9.72 Å². The van der Waals surface area contributed by atoms with Crippen molar-refractivity contribution in [1.82, 2.24) is 4.98 Å². The minimum Gasteiger partial charge on any atom is -0.452 e. The van der Waals surface area contributed by atoms with E-state index in [9.17, 15) is 4.79 Å². The van der Waals surface area contributed by atoms with Crippen LogP contribution < -0.4 is 10.6 Å². The van der Waals surface area contributed by atoms with E-state index in [1.165, 1.54) is 18.2 Å². The van der Waals surface area contributed by atoms with Gasteiger partial charge in [-0.2, -0.15) is 0 Å². The molecule has 0 bridgehead atoms. The van der Waals surface area contributed by atoms with Gasteiger partial charge in [0.05, 0.1) is 12.8 Å². The van der Waals surface area contributed by atoms with Crippen LogP contribution in [0.2, 0.25) is 0 Å². The number of nitrogen functional groups attached to an aromatic ring is 1. The Morgan fingerprint density at radius 3 is 2.92 bits per heavy atom. The first-order valence-corrected chi connectivity index (χ1v) is 3.68. The lowest BCUT2D eigenvalue weighted by atomic mass is 10.3. The molecule has 2 N–H and O–H groups in total. The van der Waals surface area contributed by atoms with Gasteiger partial charge in [-0.05, 0) is 6.07 Å². The second kappa shape index (κ2) is 3.75. The fourth-order valence-corrected chi connectivity index (χ4v) is 0.888. The van der Waals surface area contributed by atoms with Crippen LogP contribution in [-0.2, 0) is 4.74 Å². The van der Waals surface area contributed by atoms with Crippen molar-refractivity contribution in [2.45, 2.75) is 0 Å². The summed E-state index contributed by atoms with van der Waals surface area (Å²) >= 11 is 0. The van der Waals surface area contributed by atoms with Crippen molar-refractivity contribution in [2.24, 2.45) is 0 Å². The second-order valence-electron chi connectivity index (χ2n) is 2.47. The van der Waals surface area contributed by atoms with E-state index in [1.807, 2.05) is 0 Å². The average molecular weight is 181 g/mol. The number of anilines is 2. The van der Waals surface area contributed by atoms with Crippen molar-refractivity contribution >= 4 is 17.6 Å². The molecule has 0 aliphatic rings. The van der Waals surface area contributed by atoms with Gasteiger partial charge in [-0.1, -0.05) is 0 Å². The summed E-state index contributed by atoms with van der Waals surface area (Å²) in [6.07, 6.45) is 1.09. The molecule has 13 heavy (non-hydrogen) atoms. The number of carbonyl (C=O) groups excluding carboxylic acids is 1. The summed E-state index contributed by atoms with van der Waals surface area (Å²) in [7, 11) is 2.92. The van der Waals surface area contributed by atoms with Gasteiger partial charge in [-0.25, -0.2) is 9.78 Å². The summed E-state index contributed by atoms with van der Waals surface area (Å²) in [5.41, 5.74) is 6.10. The van der Waals surface area contributed by atoms with Gasteiger partial charge >= 0.3 is 6.09 Å². The predicted octanol–water partition coefficient (Wildman–Crippen LogP) is 0.866. The van der Waals surface area contributed by atoms with Gasteiger partial charge in [0.1, 0.15) is 5.82 Å². The average Bonchev–Trinajstić information content (AvgIpc) is 2.15. The van der Waals surface area contributed by atoms with Crippen molar-refractivity contribution in [3.05, 3.63) is 18.3 Å². The smallest absolute Gasteiger partial charge is 0.413 e.